The van der Waals surface area contributed by atoms with Gasteiger partial charge >= 0.3 is 0 Å². The molecule has 0 aliphatic carbocycles. The molecule has 8 heteroatoms. The predicted molar refractivity (Wildman–Crippen MR) is 83.5 cm³/mol. The number of nitro groups is 1. The van der Waals surface area contributed by atoms with Gasteiger partial charge < -0.3 is 19.9 Å². The van der Waals surface area contributed by atoms with Gasteiger partial charge in [0, 0.05) is 37.5 Å². The van der Waals surface area contributed by atoms with E-state index in [0.29, 0.717) is 45.0 Å². The lowest BCUT2D eigenvalue weighted by molar-refractivity contribution is -0.384. The number of hydrogen-bond acceptors (Lipinski definition) is 6. The minimum absolute atomic E-state index is 0.101. The van der Waals surface area contributed by atoms with Crippen molar-refractivity contribution >= 4 is 11.6 Å². The Kier molecular flexibility index (Phi) is 8.81. The van der Waals surface area contributed by atoms with Crippen LogP contribution in [0.5, 0.6) is 0 Å². The van der Waals surface area contributed by atoms with E-state index in [1.165, 1.54) is 12.1 Å². The van der Waals surface area contributed by atoms with Crippen molar-refractivity contribution in [3.8, 4) is 0 Å². The van der Waals surface area contributed by atoms with Crippen LogP contribution >= 0.6 is 0 Å². The quantitative estimate of drug-likeness (QED) is 0.357. The Hall–Kier alpha value is -2.03. The molecule has 0 fully saturated rings. The van der Waals surface area contributed by atoms with Crippen molar-refractivity contribution in [1.29, 1.82) is 0 Å². The maximum Gasteiger partial charge on any atom is 0.270 e. The molecule has 0 aromatic heterocycles. The van der Waals surface area contributed by atoms with Gasteiger partial charge in [0.15, 0.2) is 0 Å². The van der Waals surface area contributed by atoms with Gasteiger partial charge in [-0.2, -0.15) is 0 Å². The third kappa shape index (κ3) is 7.68. The minimum Gasteiger partial charge on any atom is -0.396 e. The predicted octanol–water partition coefficient (Wildman–Crippen LogP) is 1.05. The van der Waals surface area contributed by atoms with E-state index < -0.39 is 4.92 Å². The first-order valence-electron chi connectivity index (χ1n) is 7.35. The third-order valence-corrected chi connectivity index (χ3v) is 2.89. The van der Waals surface area contributed by atoms with E-state index in [9.17, 15) is 14.9 Å². The van der Waals surface area contributed by atoms with Crippen LogP contribution in [0.25, 0.3) is 0 Å². The summed E-state index contributed by atoms with van der Waals surface area (Å²) in [7, 11) is 0. The van der Waals surface area contributed by atoms with Crippen LogP contribution < -0.4 is 5.32 Å². The van der Waals surface area contributed by atoms with Crippen LogP contribution in [0, 0.1) is 17.0 Å². The number of ether oxygens (including phenoxy) is 2. The molecule has 1 aromatic rings. The maximum atomic E-state index is 11.9. The van der Waals surface area contributed by atoms with E-state index in [1.807, 2.05) is 0 Å². The zero-order chi connectivity index (χ0) is 17.1. The number of carbonyl (C=O) groups is 1. The van der Waals surface area contributed by atoms with Crippen molar-refractivity contribution in [2.75, 3.05) is 39.6 Å². The summed E-state index contributed by atoms with van der Waals surface area (Å²) in [5.74, 6) is -0.375. The molecule has 0 aliphatic heterocycles. The molecule has 1 rings (SSSR count). The van der Waals surface area contributed by atoms with Crippen molar-refractivity contribution in [3.05, 3.63) is 39.4 Å². The smallest absolute Gasteiger partial charge is 0.270 e. The number of nitrogens with one attached hydrogen (secondary N) is 1. The fourth-order valence-corrected chi connectivity index (χ4v) is 1.83. The van der Waals surface area contributed by atoms with Crippen molar-refractivity contribution in [1.82, 2.24) is 5.32 Å². The summed E-state index contributed by atoms with van der Waals surface area (Å²) in [5, 5.41) is 22.0. The molecule has 0 bridgehead atoms. The van der Waals surface area contributed by atoms with Crippen LogP contribution in [0.3, 0.4) is 0 Å². The van der Waals surface area contributed by atoms with E-state index in [0.717, 1.165) is 0 Å². The molecular weight excluding hydrogens is 304 g/mol. The summed E-state index contributed by atoms with van der Waals surface area (Å²) in [4.78, 5) is 22.2. The molecule has 2 N–H and O–H groups in total. The number of aliphatic hydroxyl groups is 1. The highest BCUT2D eigenvalue weighted by atomic mass is 16.6. The van der Waals surface area contributed by atoms with E-state index in [2.05, 4.69) is 5.32 Å². The van der Waals surface area contributed by atoms with Crippen LogP contribution in [-0.4, -0.2) is 55.5 Å². The van der Waals surface area contributed by atoms with Gasteiger partial charge in [-0.05, 0) is 25.0 Å². The van der Waals surface area contributed by atoms with Gasteiger partial charge in [0.1, 0.15) is 0 Å². The van der Waals surface area contributed by atoms with Gasteiger partial charge in [-0.3, -0.25) is 14.9 Å². The number of amides is 1. The number of rotatable bonds is 11. The SMILES string of the molecule is Cc1cc(C(=O)NCCOCCOCCCO)cc([N+](=O)[O-])c1. The van der Waals surface area contributed by atoms with Crippen molar-refractivity contribution < 1.29 is 24.3 Å². The Balaban J connectivity index is 2.25. The topological polar surface area (TPSA) is 111 Å². The fraction of sp³-hybridized carbons (Fsp3) is 0.533. The largest absolute Gasteiger partial charge is 0.396 e. The molecule has 0 atom stereocenters. The number of aliphatic hydroxyl groups excluding tert-OH is 1. The van der Waals surface area contributed by atoms with Gasteiger partial charge in [0.25, 0.3) is 11.6 Å². The zero-order valence-electron chi connectivity index (χ0n) is 13.1. The summed E-state index contributed by atoms with van der Waals surface area (Å²) >= 11 is 0. The van der Waals surface area contributed by atoms with Crippen molar-refractivity contribution in [2.24, 2.45) is 0 Å². The highest BCUT2D eigenvalue weighted by Crippen LogP contribution is 2.16. The summed E-state index contributed by atoms with van der Waals surface area (Å²) in [6, 6.07) is 4.26. The average Bonchev–Trinajstić information content (AvgIpc) is 2.52. The van der Waals surface area contributed by atoms with Crippen molar-refractivity contribution in [3.63, 3.8) is 0 Å². The molecule has 1 aromatic carbocycles. The molecule has 128 valence electrons. The highest BCUT2D eigenvalue weighted by molar-refractivity contribution is 5.95. The summed E-state index contributed by atoms with van der Waals surface area (Å²) in [6.45, 7) is 3.74. The molecule has 0 saturated heterocycles. The van der Waals surface area contributed by atoms with Gasteiger partial charge in [0.2, 0.25) is 0 Å². The first-order valence-corrected chi connectivity index (χ1v) is 7.35. The highest BCUT2D eigenvalue weighted by Gasteiger charge is 2.12. The summed E-state index contributed by atoms with van der Waals surface area (Å²) in [5.41, 5.74) is 0.802. The molecule has 23 heavy (non-hydrogen) atoms. The normalized spacial score (nSPS) is 10.5. The lowest BCUT2D eigenvalue weighted by atomic mass is 10.1. The van der Waals surface area contributed by atoms with Gasteiger partial charge in [-0.1, -0.05) is 0 Å². The number of non-ortho nitro benzene ring substituents is 1. The van der Waals surface area contributed by atoms with E-state index in [4.69, 9.17) is 14.6 Å². The summed E-state index contributed by atoms with van der Waals surface area (Å²) in [6.07, 6.45) is 0.596. The second-order valence-corrected chi connectivity index (χ2v) is 4.87. The molecule has 1 amide bonds. The molecular formula is C15H22N2O6. The molecule has 0 aliphatic rings. The van der Waals surface area contributed by atoms with Gasteiger partial charge in [-0.15, -0.1) is 0 Å². The number of hydrogen-bond donors (Lipinski definition) is 2. The van der Waals surface area contributed by atoms with Crippen molar-refractivity contribution in [2.45, 2.75) is 13.3 Å². The van der Waals surface area contributed by atoms with Crippen LogP contribution in [-0.2, 0) is 9.47 Å². The second-order valence-electron chi connectivity index (χ2n) is 4.87. The lowest BCUT2D eigenvalue weighted by Gasteiger charge is -2.07. The van der Waals surface area contributed by atoms with Crippen LogP contribution in [0.15, 0.2) is 18.2 Å². The minimum atomic E-state index is -0.524. The number of benzene rings is 1. The molecule has 8 nitrogen and oxygen atoms in total. The third-order valence-electron chi connectivity index (χ3n) is 2.89. The molecule has 0 spiro atoms. The number of nitrogens with zero attached hydrogens (tertiary/aromatic N) is 1. The monoisotopic (exact) mass is 326 g/mol. The Morgan fingerprint density at radius 3 is 2.57 bits per heavy atom. The van der Waals surface area contributed by atoms with Crippen LogP contribution in [0.4, 0.5) is 5.69 Å². The standard InChI is InChI=1S/C15H22N2O6/c1-12-9-13(11-14(10-12)17(20)21)15(19)16-3-6-23-8-7-22-5-2-4-18/h9-11,18H,2-8H2,1H3,(H,16,19). The number of carbonyl (C=O) groups excluding carboxylic acids is 1. The Bertz CT molecular complexity index is 521. The average molecular weight is 326 g/mol. The lowest BCUT2D eigenvalue weighted by Crippen LogP contribution is -2.27. The maximum absolute atomic E-state index is 11.9. The van der Waals surface area contributed by atoms with E-state index in [1.54, 1.807) is 13.0 Å². The Morgan fingerprint density at radius 2 is 1.91 bits per heavy atom. The van der Waals surface area contributed by atoms with Gasteiger partial charge in [0.05, 0.1) is 24.7 Å². The molecule has 0 saturated carbocycles. The van der Waals surface area contributed by atoms with Gasteiger partial charge in [-0.25, -0.2) is 0 Å². The molecule has 0 unspecified atom stereocenters. The van der Waals surface area contributed by atoms with Crippen LogP contribution in [0.1, 0.15) is 22.3 Å². The second kappa shape index (κ2) is 10.7. The number of nitro benzene ring substituents is 1. The Morgan fingerprint density at radius 1 is 1.22 bits per heavy atom. The summed E-state index contributed by atoms with van der Waals surface area (Å²) < 4.78 is 10.5. The first-order chi connectivity index (χ1) is 11.0. The molecule has 0 radical (unpaired) electrons. The molecule has 0 heterocycles. The zero-order valence-corrected chi connectivity index (χ0v) is 13.1. The van der Waals surface area contributed by atoms with E-state index in [-0.39, 0.29) is 23.8 Å². The van der Waals surface area contributed by atoms with E-state index >= 15 is 0 Å². The first kappa shape index (κ1) is 19.0. The Labute approximate surface area is 134 Å². The fourth-order valence-electron chi connectivity index (χ4n) is 1.83. The number of aryl methyl sites for hydroxylation is 1. The van der Waals surface area contributed by atoms with Crippen LogP contribution in [0.2, 0.25) is 0 Å².